The highest BCUT2D eigenvalue weighted by Gasteiger charge is 2.22. The maximum atomic E-state index is 13.2. The Balaban J connectivity index is 1.56. The van der Waals surface area contributed by atoms with Crippen molar-refractivity contribution in [2.24, 2.45) is 0 Å². The maximum absolute atomic E-state index is 13.2. The second-order valence-corrected chi connectivity index (χ2v) is 8.04. The van der Waals surface area contributed by atoms with E-state index in [1.165, 1.54) is 24.3 Å². The fraction of sp³-hybridized carbons (Fsp3) is 0.0741. The average molecular weight is 469 g/mol. The summed E-state index contributed by atoms with van der Waals surface area (Å²) in [5.74, 6) is -1.48. The first kappa shape index (κ1) is 23.5. The molecule has 176 valence electrons. The first-order chi connectivity index (χ1) is 16.9. The van der Waals surface area contributed by atoms with Gasteiger partial charge in [-0.3, -0.25) is 19.6 Å². The van der Waals surface area contributed by atoms with Crippen LogP contribution in [0.25, 0.3) is 10.8 Å². The molecule has 0 aliphatic rings. The molecule has 0 saturated heterocycles. The van der Waals surface area contributed by atoms with Gasteiger partial charge in [0, 0.05) is 28.9 Å². The van der Waals surface area contributed by atoms with Gasteiger partial charge < -0.3 is 16.4 Å². The van der Waals surface area contributed by atoms with E-state index < -0.39 is 23.8 Å². The number of amides is 3. The lowest BCUT2D eigenvalue weighted by Gasteiger charge is -2.19. The van der Waals surface area contributed by atoms with Crippen molar-refractivity contribution in [1.29, 1.82) is 0 Å². The van der Waals surface area contributed by atoms with Crippen LogP contribution >= 0.6 is 0 Å². The Labute approximate surface area is 201 Å². The summed E-state index contributed by atoms with van der Waals surface area (Å²) < 4.78 is 0. The van der Waals surface area contributed by atoms with Gasteiger partial charge in [0.25, 0.3) is 11.8 Å². The van der Waals surface area contributed by atoms with E-state index in [2.05, 4.69) is 10.6 Å². The monoisotopic (exact) mass is 468 g/mol. The summed E-state index contributed by atoms with van der Waals surface area (Å²) >= 11 is 0. The zero-order valence-corrected chi connectivity index (χ0v) is 18.7. The molecule has 6 N–H and O–H groups in total. The molecule has 4 rings (SSSR count). The smallest absolute Gasteiger partial charge is 0.274 e. The Morgan fingerprint density at radius 2 is 1.40 bits per heavy atom. The quantitative estimate of drug-likeness (QED) is 0.161. The van der Waals surface area contributed by atoms with E-state index in [0.29, 0.717) is 16.9 Å². The number of hydroxylamine groups is 1. The molecular weight excluding hydrogens is 444 g/mol. The summed E-state index contributed by atoms with van der Waals surface area (Å²) in [5.41, 5.74) is 9.75. The van der Waals surface area contributed by atoms with Gasteiger partial charge in [0.1, 0.15) is 6.04 Å². The number of hydrogen-bond donors (Lipinski definition) is 5. The largest absolute Gasteiger partial charge is 0.399 e. The molecule has 1 unspecified atom stereocenters. The zero-order chi connectivity index (χ0) is 24.8. The van der Waals surface area contributed by atoms with Crippen molar-refractivity contribution < 1.29 is 19.6 Å². The number of nitrogens with two attached hydrogens (primary N) is 1. The van der Waals surface area contributed by atoms with Crippen molar-refractivity contribution in [3.63, 3.8) is 0 Å². The van der Waals surface area contributed by atoms with E-state index in [1.807, 2.05) is 42.5 Å². The molecule has 8 heteroatoms. The van der Waals surface area contributed by atoms with E-state index in [4.69, 9.17) is 10.9 Å². The lowest BCUT2D eigenvalue weighted by molar-refractivity contribution is -0.118. The van der Waals surface area contributed by atoms with Gasteiger partial charge in [0.2, 0.25) is 5.91 Å². The van der Waals surface area contributed by atoms with Gasteiger partial charge in [-0.1, -0.05) is 42.5 Å². The van der Waals surface area contributed by atoms with Gasteiger partial charge in [0.15, 0.2) is 0 Å². The summed E-state index contributed by atoms with van der Waals surface area (Å²) in [6.07, 6.45) is 0.266. The van der Waals surface area contributed by atoms with Crippen molar-refractivity contribution in [3.05, 3.63) is 108 Å². The molecule has 0 fully saturated rings. The number of carbonyl (C=O) groups is 3. The molecular formula is C27H24N4O4. The number of benzene rings is 4. The molecule has 4 aromatic rings. The summed E-state index contributed by atoms with van der Waals surface area (Å²) in [5, 5.41) is 16.5. The Hall–Kier alpha value is -4.69. The van der Waals surface area contributed by atoms with E-state index in [9.17, 15) is 14.4 Å². The van der Waals surface area contributed by atoms with E-state index in [0.717, 1.165) is 16.3 Å². The first-order valence-corrected chi connectivity index (χ1v) is 10.9. The van der Waals surface area contributed by atoms with Gasteiger partial charge in [-0.05, 0) is 64.9 Å². The number of nitrogens with one attached hydrogen (secondary N) is 3. The minimum atomic E-state index is -0.873. The van der Waals surface area contributed by atoms with Crippen molar-refractivity contribution in [2.45, 2.75) is 12.5 Å². The molecule has 1 atom stereocenters. The highest BCUT2D eigenvalue weighted by Crippen LogP contribution is 2.18. The van der Waals surface area contributed by atoms with Gasteiger partial charge >= 0.3 is 0 Å². The summed E-state index contributed by atoms with van der Waals surface area (Å²) in [4.78, 5) is 37.6. The van der Waals surface area contributed by atoms with E-state index >= 15 is 0 Å². The van der Waals surface area contributed by atoms with Crippen LogP contribution in [-0.4, -0.2) is 29.0 Å². The lowest BCUT2D eigenvalue weighted by Crippen LogP contribution is -2.45. The third kappa shape index (κ3) is 5.82. The van der Waals surface area contributed by atoms with Gasteiger partial charge in [0.05, 0.1) is 0 Å². The molecule has 4 aromatic carbocycles. The molecule has 35 heavy (non-hydrogen) atoms. The van der Waals surface area contributed by atoms with Crippen LogP contribution < -0.4 is 21.8 Å². The highest BCUT2D eigenvalue weighted by atomic mass is 16.5. The molecule has 0 aromatic heterocycles. The standard InChI is InChI=1S/C27H24N4O4/c28-22-11-7-19(8-12-22)25(32)30-24(16-17-5-6-18-3-1-2-4-21(18)15-17)27(34)29-23-13-9-20(10-14-23)26(33)31-35/h1-15,24,35H,16,28H2,(H,29,34)(H,30,32)(H,31,33). The predicted molar refractivity (Wildman–Crippen MR) is 134 cm³/mol. The summed E-state index contributed by atoms with van der Waals surface area (Å²) in [6.45, 7) is 0. The molecule has 3 amide bonds. The summed E-state index contributed by atoms with van der Waals surface area (Å²) in [6, 6.07) is 25.4. The Kier molecular flexibility index (Phi) is 7.04. The summed E-state index contributed by atoms with van der Waals surface area (Å²) in [7, 11) is 0. The number of hydrogen-bond acceptors (Lipinski definition) is 5. The van der Waals surface area contributed by atoms with Crippen molar-refractivity contribution in [1.82, 2.24) is 10.8 Å². The van der Waals surface area contributed by atoms with Crippen molar-refractivity contribution in [2.75, 3.05) is 11.1 Å². The molecule has 0 radical (unpaired) electrons. The maximum Gasteiger partial charge on any atom is 0.274 e. The molecule has 8 nitrogen and oxygen atoms in total. The molecule has 0 aliphatic heterocycles. The van der Waals surface area contributed by atoms with E-state index in [1.54, 1.807) is 29.7 Å². The number of rotatable bonds is 7. The highest BCUT2D eigenvalue weighted by molar-refractivity contribution is 6.02. The van der Waals surface area contributed by atoms with Crippen LogP contribution in [0, 0.1) is 0 Å². The van der Waals surface area contributed by atoms with Crippen LogP contribution in [0.15, 0.2) is 91.0 Å². The molecule has 0 spiro atoms. The SMILES string of the molecule is Nc1ccc(C(=O)NC(Cc2ccc3ccccc3c2)C(=O)Nc2ccc(C(=O)NO)cc2)cc1. The van der Waals surface area contributed by atoms with Gasteiger partial charge in [-0.25, -0.2) is 5.48 Å². The van der Waals surface area contributed by atoms with Crippen LogP contribution in [0.4, 0.5) is 11.4 Å². The van der Waals surface area contributed by atoms with Crippen LogP contribution in [0.3, 0.4) is 0 Å². The third-order valence-electron chi connectivity index (χ3n) is 5.56. The van der Waals surface area contributed by atoms with Crippen LogP contribution in [0.1, 0.15) is 26.3 Å². The molecule has 0 bridgehead atoms. The van der Waals surface area contributed by atoms with Crippen LogP contribution in [-0.2, 0) is 11.2 Å². The lowest BCUT2D eigenvalue weighted by atomic mass is 10.0. The Bertz CT molecular complexity index is 1370. The third-order valence-corrected chi connectivity index (χ3v) is 5.56. The van der Waals surface area contributed by atoms with Crippen molar-refractivity contribution in [3.8, 4) is 0 Å². The molecule has 0 heterocycles. The molecule has 0 saturated carbocycles. The van der Waals surface area contributed by atoms with Crippen LogP contribution in [0.2, 0.25) is 0 Å². The topological polar surface area (TPSA) is 134 Å². The second-order valence-electron chi connectivity index (χ2n) is 8.04. The number of anilines is 2. The fourth-order valence-corrected chi connectivity index (χ4v) is 3.69. The first-order valence-electron chi connectivity index (χ1n) is 10.9. The van der Waals surface area contributed by atoms with Gasteiger partial charge in [-0.15, -0.1) is 0 Å². The van der Waals surface area contributed by atoms with Crippen LogP contribution in [0.5, 0.6) is 0 Å². The number of fused-ring (bicyclic) bond motifs is 1. The number of carbonyl (C=O) groups excluding carboxylic acids is 3. The zero-order valence-electron chi connectivity index (χ0n) is 18.7. The minimum Gasteiger partial charge on any atom is -0.399 e. The average Bonchev–Trinajstić information content (AvgIpc) is 2.88. The fourth-order valence-electron chi connectivity index (χ4n) is 3.69. The molecule has 0 aliphatic carbocycles. The van der Waals surface area contributed by atoms with E-state index in [-0.39, 0.29) is 12.0 Å². The normalized spacial score (nSPS) is 11.5. The van der Waals surface area contributed by atoms with Gasteiger partial charge in [-0.2, -0.15) is 0 Å². The Morgan fingerprint density at radius 3 is 2.09 bits per heavy atom. The Morgan fingerprint density at radius 1 is 0.771 bits per heavy atom. The van der Waals surface area contributed by atoms with Crippen molar-refractivity contribution >= 4 is 39.9 Å². The second kappa shape index (κ2) is 10.5. The predicted octanol–water partition coefficient (Wildman–Crippen LogP) is 3.52. The minimum absolute atomic E-state index is 0.231. The number of nitrogen functional groups attached to an aromatic ring is 1.